The summed E-state index contributed by atoms with van der Waals surface area (Å²) in [5.41, 5.74) is -0.472. The van der Waals surface area contributed by atoms with Gasteiger partial charge in [0.2, 0.25) is 0 Å². The third-order valence-corrected chi connectivity index (χ3v) is 2.13. The van der Waals surface area contributed by atoms with Gasteiger partial charge in [-0.1, -0.05) is 11.8 Å². The summed E-state index contributed by atoms with van der Waals surface area (Å²) in [4.78, 5) is 0. The zero-order valence-corrected chi connectivity index (χ0v) is 12.2. The Bertz CT molecular complexity index is 479. The monoisotopic (exact) mass is 280 g/mol. The number of benzene rings is 1. The van der Waals surface area contributed by atoms with Crippen molar-refractivity contribution in [3.8, 4) is 23.3 Å². The Morgan fingerprint density at radius 1 is 1.10 bits per heavy atom. The van der Waals surface area contributed by atoms with Crippen LogP contribution in [0.4, 0.5) is 0 Å². The first-order valence-corrected chi connectivity index (χ1v) is 6.09. The zero-order chi connectivity index (χ0) is 15.0. The highest BCUT2D eigenvalue weighted by molar-refractivity contribution is 5.50. The molecule has 0 bridgehead atoms. The Kier molecular flexibility index (Phi) is 6.32. The molecule has 1 aromatic carbocycles. The summed E-state index contributed by atoms with van der Waals surface area (Å²) in [6.07, 6.45) is 0. The van der Waals surface area contributed by atoms with Crippen molar-refractivity contribution in [3.63, 3.8) is 0 Å². The van der Waals surface area contributed by atoms with Crippen LogP contribution in [-0.4, -0.2) is 38.5 Å². The maximum absolute atomic E-state index is 9.67. The van der Waals surface area contributed by atoms with Crippen LogP contribution in [0.25, 0.3) is 0 Å². The molecule has 0 fully saturated rings. The van der Waals surface area contributed by atoms with Crippen LogP contribution in [0.15, 0.2) is 18.2 Å². The second-order valence-electron chi connectivity index (χ2n) is 4.57. The number of methoxy groups -OCH3 is 2. The van der Waals surface area contributed by atoms with Crippen LogP contribution in [-0.2, 0) is 9.47 Å². The van der Waals surface area contributed by atoms with Crippen LogP contribution >= 0.6 is 0 Å². The van der Waals surface area contributed by atoms with E-state index in [-0.39, 0.29) is 13.6 Å². The standard InChI is InChI=1S/C15H20O5/c1-15(2,16)8-7-12-9-13(19-10-17-3)5-6-14(12)20-11-18-4/h5-6,9,16H,10-11H2,1-4H3. The van der Waals surface area contributed by atoms with E-state index in [1.54, 1.807) is 39.2 Å². The van der Waals surface area contributed by atoms with E-state index in [0.717, 1.165) is 0 Å². The fraction of sp³-hybridized carbons (Fsp3) is 0.467. The molecule has 0 radical (unpaired) electrons. The highest BCUT2D eigenvalue weighted by Gasteiger charge is 2.08. The van der Waals surface area contributed by atoms with Crippen LogP contribution < -0.4 is 9.47 Å². The Hall–Kier alpha value is -1.74. The van der Waals surface area contributed by atoms with Crippen LogP contribution in [0.2, 0.25) is 0 Å². The van der Waals surface area contributed by atoms with Gasteiger partial charge >= 0.3 is 0 Å². The lowest BCUT2D eigenvalue weighted by Crippen LogP contribution is -2.14. The lowest BCUT2D eigenvalue weighted by molar-refractivity contribution is 0.0482. The first-order chi connectivity index (χ1) is 9.46. The molecule has 0 aliphatic rings. The Balaban J connectivity index is 3.01. The summed E-state index contributed by atoms with van der Waals surface area (Å²) in [6.45, 7) is 3.49. The minimum atomic E-state index is -1.08. The van der Waals surface area contributed by atoms with E-state index in [1.165, 1.54) is 7.11 Å². The van der Waals surface area contributed by atoms with Crippen molar-refractivity contribution >= 4 is 0 Å². The van der Waals surface area contributed by atoms with Gasteiger partial charge in [-0.2, -0.15) is 0 Å². The van der Waals surface area contributed by atoms with Gasteiger partial charge in [0, 0.05) is 14.2 Å². The van der Waals surface area contributed by atoms with Crippen molar-refractivity contribution in [2.24, 2.45) is 0 Å². The maximum atomic E-state index is 9.67. The van der Waals surface area contributed by atoms with E-state index < -0.39 is 5.60 Å². The molecule has 0 atom stereocenters. The van der Waals surface area contributed by atoms with Gasteiger partial charge in [-0.25, -0.2) is 0 Å². The van der Waals surface area contributed by atoms with E-state index in [2.05, 4.69) is 11.8 Å². The van der Waals surface area contributed by atoms with E-state index in [1.807, 2.05) is 0 Å². The third kappa shape index (κ3) is 5.93. The second-order valence-corrected chi connectivity index (χ2v) is 4.57. The summed E-state index contributed by atoms with van der Waals surface area (Å²) >= 11 is 0. The second kappa shape index (κ2) is 7.75. The van der Waals surface area contributed by atoms with Gasteiger partial charge in [-0.3, -0.25) is 0 Å². The number of ether oxygens (including phenoxy) is 4. The molecule has 1 N–H and O–H groups in total. The first-order valence-electron chi connectivity index (χ1n) is 6.09. The normalized spacial score (nSPS) is 10.7. The van der Waals surface area contributed by atoms with Gasteiger partial charge in [0.15, 0.2) is 13.6 Å². The summed E-state index contributed by atoms with van der Waals surface area (Å²) in [6, 6.07) is 5.21. The molecule has 0 unspecified atom stereocenters. The number of hydrogen-bond acceptors (Lipinski definition) is 5. The SMILES string of the molecule is COCOc1ccc(OCOC)c(C#CC(C)(C)O)c1. The average Bonchev–Trinajstić information content (AvgIpc) is 2.40. The summed E-state index contributed by atoms with van der Waals surface area (Å²) < 4.78 is 20.5. The number of aliphatic hydroxyl groups is 1. The number of rotatable bonds is 6. The van der Waals surface area contributed by atoms with Gasteiger partial charge in [-0.15, -0.1) is 0 Å². The molecular weight excluding hydrogens is 260 g/mol. The molecule has 0 aromatic heterocycles. The quantitative estimate of drug-likeness (QED) is 0.636. The molecular formula is C15H20O5. The molecule has 5 nitrogen and oxygen atoms in total. The van der Waals surface area contributed by atoms with Crippen LogP contribution in [0.1, 0.15) is 19.4 Å². The smallest absolute Gasteiger partial charge is 0.188 e. The van der Waals surface area contributed by atoms with E-state index >= 15 is 0 Å². The summed E-state index contributed by atoms with van der Waals surface area (Å²) in [5, 5.41) is 9.67. The van der Waals surface area contributed by atoms with Crippen molar-refractivity contribution in [2.75, 3.05) is 27.8 Å². The topological polar surface area (TPSA) is 57.2 Å². The molecule has 0 aliphatic heterocycles. The predicted octanol–water partition coefficient (Wildman–Crippen LogP) is 1.77. The third-order valence-electron chi connectivity index (χ3n) is 2.13. The van der Waals surface area contributed by atoms with Crippen LogP contribution in [0, 0.1) is 11.8 Å². The zero-order valence-electron chi connectivity index (χ0n) is 12.2. The molecule has 0 saturated carbocycles. The molecule has 1 aromatic rings. The Morgan fingerprint density at radius 3 is 2.35 bits per heavy atom. The molecule has 1 rings (SSSR count). The van der Waals surface area contributed by atoms with Crippen molar-refractivity contribution in [2.45, 2.75) is 19.4 Å². The molecule has 110 valence electrons. The van der Waals surface area contributed by atoms with Gasteiger partial charge in [0.1, 0.15) is 17.1 Å². The summed E-state index contributed by atoms with van der Waals surface area (Å²) in [5.74, 6) is 6.79. The Labute approximate surface area is 119 Å². The Morgan fingerprint density at radius 2 is 1.75 bits per heavy atom. The fourth-order valence-electron chi connectivity index (χ4n) is 1.29. The molecule has 0 saturated heterocycles. The molecule has 0 heterocycles. The number of hydrogen-bond donors (Lipinski definition) is 1. The van der Waals surface area contributed by atoms with Gasteiger partial charge in [-0.05, 0) is 32.0 Å². The molecule has 5 heteroatoms. The molecule has 0 spiro atoms. The largest absolute Gasteiger partial charge is 0.468 e. The highest BCUT2D eigenvalue weighted by atomic mass is 16.7. The van der Waals surface area contributed by atoms with Crippen molar-refractivity contribution < 1.29 is 24.1 Å². The van der Waals surface area contributed by atoms with Crippen LogP contribution in [0.5, 0.6) is 11.5 Å². The summed E-state index contributed by atoms with van der Waals surface area (Å²) in [7, 11) is 3.09. The van der Waals surface area contributed by atoms with Crippen molar-refractivity contribution in [3.05, 3.63) is 23.8 Å². The highest BCUT2D eigenvalue weighted by Crippen LogP contribution is 2.24. The maximum Gasteiger partial charge on any atom is 0.188 e. The van der Waals surface area contributed by atoms with E-state index in [0.29, 0.717) is 17.1 Å². The van der Waals surface area contributed by atoms with E-state index in [9.17, 15) is 5.11 Å². The van der Waals surface area contributed by atoms with Gasteiger partial charge < -0.3 is 24.1 Å². The van der Waals surface area contributed by atoms with Gasteiger partial charge in [0.25, 0.3) is 0 Å². The average molecular weight is 280 g/mol. The van der Waals surface area contributed by atoms with Crippen molar-refractivity contribution in [1.82, 2.24) is 0 Å². The lowest BCUT2D eigenvalue weighted by atomic mass is 10.1. The van der Waals surface area contributed by atoms with Crippen LogP contribution in [0.3, 0.4) is 0 Å². The lowest BCUT2D eigenvalue weighted by Gasteiger charge is -2.11. The molecule has 0 amide bonds. The van der Waals surface area contributed by atoms with E-state index in [4.69, 9.17) is 18.9 Å². The minimum absolute atomic E-state index is 0.121. The van der Waals surface area contributed by atoms with Gasteiger partial charge in [0.05, 0.1) is 5.56 Å². The fourth-order valence-corrected chi connectivity index (χ4v) is 1.29. The first kappa shape index (κ1) is 16.3. The van der Waals surface area contributed by atoms with Crippen molar-refractivity contribution in [1.29, 1.82) is 0 Å². The predicted molar refractivity (Wildman–Crippen MR) is 74.6 cm³/mol. The minimum Gasteiger partial charge on any atom is -0.468 e. The molecule has 20 heavy (non-hydrogen) atoms. The molecule has 0 aliphatic carbocycles.